The Morgan fingerprint density at radius 2 is 0.596 bits per heavy atom. The third-order valence-electron chi connectivity index (χ3n) is 30.7. The van der Waals surface area contributed by atoms with E-state index < -0.39 is 63.8 Å². The van der Waals surface area contributed by atoms with Gasteiger partial charge in [0.15, 0.2) is 12.1 Å². The Hall–Kier alpha value is -11.9. The third kappa shape index (κ3) is 20.8. The maximum Gasteiger partial charge on any atom is 0.262 e. The molecule has 0 N–H and O–H groups in total. The monoisotopic (exact) mass is 2000 g/mol. The van der Waals surface area contributed by atoms with Crippen molar-refractivity contribution in [3.05, 3.63) is 282 Å². The van der Waals surface area contributed by atoms with Gasteiger partial charge in [0.1, 0.15) is 46.0 Å². The molecule has 13 aromatic rings. The maximum atomic E-state index is 17.5. The summed E-state index contributed by atoms with van der Waals surface area (Å²) in [5.41, 5.74) is 4.20. The van der Waals surface area contributed by atoms with Crippen LogP contribution >= 0.6 is 22.7 Å². The topological polar surface area (TPSA) is 262 Å². The number of carbonyl (C=O) groups is 6. The van der Waals surface area contributed by atoms with Crippen LogP contribution in [0, 0.1) is 5.92 Å². The average molecular weight is 2010 g/mol. The van der Waals surface area contributed by atoms with E-state index >= 15 is 28.8 Å². The van der Waals surface area contributed by atoms with Crippen LogP contribution in [0.5, 0.6) is 46.0 Å². The van der Waals surface area contributed by atoms with Crippen LogP contribution in [-0.4, -0.2) is 243 Å². The Labute approximate surface area is 859 Å². The van der Waals surface area contributed by atoms with Gasteiger partial charge in [-0.05, 0) is 174 Å². The number of likely N-dealkylation sites (N-methyl/N-ethyl adjacent to an activating group) is 2. The van der Waals surface area contributed by atoms with E-state index in [1.807, 2.05) is 146 Å². The van der Waals surface area contributed by atoms with Gasteiger partial charge in [-0.3, -0.25) is 53.3 Å². The SMILES string of the molecule is CCN(Cc1ccccc1)C(=O)C(c1cccs1)N1C(=O)c2cc(Oc3ccc(C(C)(C)CC(CC4CO4)CC4CO4)cc3)c3c4c(Oc5ccc(C(C)(C)CN(CC6CO6)CC6CO6)cc5)cc5c6c(cc(Oc7ccc(C(C)(C)CN(CC8CO8)CC8CO8)cc7)c(c7c(Oc8ccc(C(C)(C)CN(CC9CO9)CC9CO9)cc8)cc(c2c37)C1=O)c64)C(=O)N(C(C(=O)N(CC)Cc1ccccc1)c1cccs1)C5=O. The van der Waals surface area contributed by atoms with Crippen LogP contribution in [0.1, 0.15) is 185 Å². The van der Waals surface area contributed by atoms with Gasteiger partial charge >= 0.3 is 0 Å². The summed E-state index contributed by atoms with van der Waals surface area (Å²) in [6.45, 7) is 34.8. The van der Waals surface area contributed by atoms with Crippen LogP contribution in [0.15, 0.2) is 217 Å². The Morgan fingerprint density at radius 3 is 0.836 bits per heavy atom. The molecule has 146 heavy (non-hydrogen) atoms. The fraction of sp³-hybridized carbons (Fsp3) is 0.412. The van der Waals surface area contributed by atoms with Crippen LogP contribution in [-0.2, 0) is 82.2 Å². The molecule has 23 rings (SSSR count). The van der Waals surface area contributed by atoms with Crippen molar-refractivity contribution < 1.29 is 85.6 Å². The van der Waals surface area contributed by atoms with Crippen molar-refractivity contribution in [1.29, 1.82) is 0 Å². The number of thiophene rings is 2. The molecule has 0 spiro atoms. The zero-order valence-electron chi connectivity index (χ0n) is 84.4. The van der Waals surface area contributed by atoms with Gasteiger partial charge in [-0.1, -0.05) is 177 Å². The minimum Gasteiger partial charge on any atom is -0.457 e. The van der Waals surface area contributed by atoms with Gasteiger partial charge in [0, 0.05) is 154 Å². The van der Waals surface area contributed by atoms with Crippen molar-refractivity contribution in [1.82, 2.24) is 34.3 Å². The number of hydrogen-bond acceptors (Lipinski definition) is 23. The number of amides is 6. The number of carbonyl (C=O) groups excluding carboxylic acids is 6. The predicted molar refractivity (Wildman–Crippen MR) is 561 cm³/mol. The van der Waals surface area contributed by atoms with Crippen LogP contribution in [0.4, 0.5) is 0 Å². The summed E-state index contributed by atoms with van der Waals surface area (Å²) >= 11 is 2.54. The first-order chi connectivity index (χ1) is 70.6. The second-order valence-corrected chi connectivity index (χ2v) is 45.9. The van der Waals surface area contributed by atoms with Gasteiger partial charge in [0.05, 0.1) is 124 Å². The summed E-state index contributed by atoms with van der Waals surface area (Å²) in [6.07, 6.45) is 4.00. The highest BCUT2D eigenvalue weighted by Gasteiger charge is 2.51. The van der Waals surface area contributed by atoms with E-state index in [4.69, 9.17) is 56.8 Å². The molecule has 10 aliphatic rings. The molecule has 756 valence electrons. The molecule has 10 unspecified atom stereocenters. The molecule has 25 nitrogen and oxygen atoms in total. The summed E-state index contributed by atoms with van der Waals surface area (Å²) in [6, 6.07) is 62.3. The molecule has 0 bridgehead atoms. The van der Waals surface area contributed by atoms with Crippen molar-refractivity contribution in [2.75, 3.05) is 125 Å². The van der Waals surface area contributed by atoms with Crippen molar-refractivity contribution in [2.45, 2.75) is 184 Å². The molecule has 11 aromatic carbocycles. The zero-order valence-corrected chi connectivity index (χ0v) is 86.0. The summed E-state index contributed by atoms with van der Waals surface area (Å²) in [4.78, 5) is 117. The number of fused-ring (bicyclic) bond motifs is 2. The normalized spacial score (nSPS) is 20.9. The second-order valence-electron chi connectivity index (χ2n) is 44.0. The molecule has 0 aliphatic carbocycles. The average Bonchev–Trinajstić information content (AvgIpc) is 1.65. The van der Waals surface area contributed by atoms with Crippen molar-refractivity contribution in [3.63, 3.8) is 0 Å². The van der Waals surface area contributed by atoms with Crippen LogP contribution in [0.25, 0.3) is 43.1 Å². The number of benzene rings is 11. The van der Waals surface area contributed by atoms with E-state index in [1.54, 1.807) is 46.2 Å². The number of hydrogen-bond donors (Lipinski definition) is 0. The molecule has 27 heteroatoms. The summed E-state index contributed by atoms with van der Waals surface area (Å²) in [5, 5.41) is 5.81. The third-order valence-corrected chi connectivity index (χ3v) is 32.5. The largest absolute Gasteiger partial charge is 0.457 e. The maximum absolute atomic E-state index is 17.5. The number of imide groups is 2. The highest BCUT2D eigenvalue weighted by atomic mass is 32.1. The molecule has 8 fully saturated rings. The van der Waals surface area contributed by atoms with E-state index in [2.05, 4.69) is 119 Å². The summed E-state index contributed by atoms with van der Waals surface area (Å²) in [7, 11) is 0. The van der Waals surface area contributed by atoms with E-state index in [0.29, 0.717) is 119 Å². The predicted octanol–water partition coefficient (Wildman–Crippen LogP) is 20.8. The lowest BCUT2D eigenvalue weighted by molar-refractivity contribution is -0.136. The molecular weight excluding hydrogens is 1880 g/mol. The fourth-order valence-electron chi connectivity index (χ4n) is 22.6. The van der Waals surface area contributed by atoms with Crippen molar-refractivity contribution >= 4 is 101 Å². The quantitative estimate of drug-likeness (QED) is 0.0148. The first kappa shape index (κ1) is 97.5. The van der Waals surface area contributed by atoms with Crippen LogP contribution < -0.4 is 18.9 Å². The first-order valence-electron chi connectivity index (χ1n) is 51.7. The number of epoxide rings is 8. The minimum atomic E-state index is -1.50. The Bertz CT molecular complexity index is 6270. The van der Waals surface area contributed by atoms with E-state index in [-0.39, 0.29) is 147 Å². The molecule has 6 amide bonds. The minimum absolute atomic E-state index is 0.0133. The highest BCUT2D eigenvalue weighted by Crippen LogP contribution is 2.60. The Kier molecular flexibility index (Phi) is 26.5. The van der Waals surface area contributed by atoms with Crippen molar-refractivity contribution in [3.8, 4) is 46.0 Å². The first-order valence-corrected chi connectivity index (χ1v) is 53.4. The molecule has 8 saturated heterocycles. The van der Waals surface area contributed by atoms with Gasteiger partial charge in [-0.25, -0.2) is 0 Å². The van der Waals surface area contributed by atoms with Gasteiger partial charge in [0.25, 0.3) is 35.4 Å². The van der Waals surface area contributed by atoms with Gasteiger partial charge < -0.3 is 66.6 Å². The Morgan fingerprint density at radius 1 is 0.336 bits per heavy atom. The van der Waals surface area contributed by atoms with Gasteiger partial charge in [0.2, 0.25) is 0 Å². The summed E-state index contributed by atoms with van der Waals surface area (Å²) in [5.74, 6) is -1.99. The van der Waals surface area contributed by atoms with E-state index in [0.717, 1.165) is 115 Å². The lowest BCUT2D eigenvalue weighted by Gasteiger charge is -2.37. The molecule has 2 aromatic heterocycles. The fourth-order valence-corrected chi connectivity index (χ4v) is 24.2. The smallest absolute Gasteiger partial charge is 0.262 e. The summed E-state index contributed by atoms with van der Waals surface area (Å²) < 4.78 is 77.8. The molecule has 0 radical (unpaired) electrons. The second kappa shape index (κ2) is 39.6. The van der Waals surface area contributed by atoms with E-state index in [9.17, 15) is 0 Å². The Balaban J connectivity index is 0.785. The highest BCUT2D eigenvalue weighted by molar-refractivity contribution is 7.10. The van der Waals surface area contributed by atoms with Gasteiger partial charge in [-0.2, -0.15) is 0 Å². The van der Waals surface area contributed by atoms with Crippen LogP contribution in [0.2, 0.25) is 0 Å². The standard InChI is InChI=1S/C119H125N7O18S2/c1-11-123(52-71-21-15-13-16-22-71)114(131)108(98-25-19-43-145-98)125-110(127)90-47-94(141-78-35-27-74(28-36-78)116(3,4)51-73(45-82-60-133-82)46-83-61-134-83)102-103-95(142-79-37-29-75(30-38-79)117(5,6)68-120(54-84-62-135-84)55-85-63-136-85)48-92-101-93(113(130)126(112(92)129)109(99-26-20-44-146-99)115(132)124(12-2)53-72-23-17-14-18-24-72)50-97(144-81-41-33-77(34-42-81)119(9,10)70-122(58-88-66-139-88)59-89-67-140-89)105(107(101)103)104-96(49-91(111(125)128)100(90)106(102)104)143-80-39-31-76(32-40-80)118(7,8)69-121(56-86-64-137-86)57-87-65-138-87/h13-44,47-50,73,82-89,108-109H,11-12,45-46,51-70H2,1-10H3. The molecule has 10 atom stereocenters. The lowest BCUT2D eigenvalue weighted by atomic mass is 9.75. The lowest BCUT2D eigenvalue weighted by Crippen LogP contribution is -2.49. The number of ether oxygens (including phenoxy) is 12. The number of rotatable bonds is 48. The van der Waals surface area contributed by atoms with Crippen molar-refractivity contribution in [2.24, 2.45) is 5.92 Å². The zero-order chi connectivity index (χ0) is 100. The molecule has 0 saturated carbocycles. The molecule has 12 heterocycles. The molecule has 10 aliphatic heterocycles. The van der Waals surface area contributed by atoms with E-state index in [1.165, 1.54) is 22.7 Å². The number of nitrogens with zero attached hydrogens (tertiary/aromatic N) is 7. The van der Waals surface area contributed by atoms with Gasteiger partial charge in [-0.15, -0.1) is 22.7 Å². The van der Waals surface area contributed by atoms with Crippen LogP contribution in [0.3, 0.4) is 0 Å². The molecular formula is C119H125N7O18S2.